The Morgan fingerprint density at radius 2 is 2.00 bits per heavy atom. The number of aliphatic imine (C=N–C) groups is 1. The van der Waals surface area contributed by atoms with E-state index < -0.39 is 0 Å². The topological polar surface area (TPSA) is 43.3 Å². The second-order valence-electron chi connectivity index (χ2n) is 6.59. The van der Waals surface area contributed by atoms with Gasteiger partial charge in [0.2, 0.25) is 0 Å². The fourth-order valence-corrected chi connectivity index (χ4v) is 3.31. The maximum Gasteiger partial charge on any atom is 0.143 e. The van der Waals surface area contributed by atoms with Crippen LogP contribution in [0.5, 0.6) is 0 Å². The summed E-state index contributed by atoms with van der Waals surface area (Å²) in [6.45, 7) is 11.1. The van der Waals surface area contributed by atoms with E-state index in [1.165, 1.54) is 5.57 Å². The molecule has 0 aromatic carbocycles. The zero-order valence-corrected chi connectivity index (χ0v) is 14.2. The lowest BCUT2D eigenvalue weighted by molar-refractivity contribution is -0.0665. The van der Waals surface area contributed by atoms with Gasteiger partial charge < -0.3 is 19.1 Å². The van der Waals surface area contributed by atoms with Crippen LogP contribution in [0.2, 0.25) is 0 Å². The van der Waals surface area contributed by atoms with Crippen molar-refractivity contribution < 1.29 is 14.2 Å². The normalized spacial score (nSPS) is 35.7. The van der Waals surface area contributed by atoms with Crippen molar-refractivity contribution in [2.24, 2.45) is 10.4 Å². The van der Waals surface area contributed by atoms with Crippen molar-refractivity contribution in [1.29, 1.82) is 0 Å². The summed E-state index contributed by atoms with van der Waals surface area (Å²) in [4.78, 5) is 6.84. The first kappa shape index (κ1) is 16.5. The van der Waals surface area contributed by atoms with Gasteiger partial charge in [0.05, 0.1) is 18.8 Å². The van der Waals surface area contributed by atoms with E-state index in [9.17, 15) is 0 Å². The molecule has 0 amide bonds. The number of ether oxygens (including phenoxy) is 3. The van der Waals surface area contributed by atoms with Crippen molar-refractivity contribution >= 4 is 5.84 Å². The Hall–Kier alpha value is -0.910. The lowest BCUT2D eigenvalue weighted by Gasteiger charge is -2.39. The lowest BCUT2D eigenvalue weighted by atomic mass is 9.83. The zero-order chi connectivity index (χ0) is 15.8. The van der Waals surface area contributed by atoms with E-state index in [4.69, 9.17) is 19.2 Å². The molecule has 2 aliphatic heterocycles. The molecular weight excluding hydrogens is 268 g/mol. The first-order chi connectivity index (χ1) is 9.82. The summed E-state index contributed by atoms with van der Waals surface area (Å²) in [6.07, 6.45) is 1.97. The average molecular weight is 296 g/mol. The summed E-state index contributed by atoms with van der Waals surface area (Å²) in [5, 5.41) is 0. The largest absolute Gasteiger partial charge is 0.382 e. The molecule has 0 aliphatic carbocycles. The minimum atomic E-state index is -0.161. The predicted molar refractivity (Wildman–Crippen MR) is 83.3 cm³/mol. The fourth-order valence-electron chi connectivity index (χ4n) is 3.31. The maximum absolute atomic E-state index is 6.26. The standard InChI is InChI=1S/C16H28N2O3/c1-10-8-18(12(3)17-11(10)2)15-16(4,5)14(20-7)13(21-15)9-19-6/h8,11,13-15H,9H2,1-7H3. The molecule has 0 aromatic rings. The van der Waals surface area contributed by atoms with Crippen molar-refractivity contribution in [3.05, 3.63) is 11.8 Å². The summed E-state index contributed by atoms with van der Waals surface area (Å²) in [5.74, 6) is 0.985. The molecule has 1 saturated heterocycles. The van der Waals surface area contributed by atoms with E-state index >= 15 is 0 Å². The molecule has 2 heterocycles. The highest BCUT2D eigenvalue weighted by molar-refractivity contribution is 5.82. The third kappa shape index (κ3) is 2.87. The second-order valence-corrected chi connectivity index (χ2v) is 6.59. The van der Waals surface area contributed by atoms with Crippen molar-refractivity contribution in [1.82, 2.24) is 4.90 Å². The molecule has 0 radical (unpaired) electrons. The van der Waals surface area contributed by atoms with Gasteiger partial charge >= 0.3 is 0 Å². The number of hydrogen-bond acceptors (Lipinski definition) is 5. The number of methoxy groups -OCH3 is 2. The molecule has 2 aliphatic rings. The van der Waals surface area contributed by atoms with Gasteiger partial charge in [-0.1, -0.05) is 13.8 Å². The van der Waals surface area contributed by atoms with Crippen LogP contribution in [-0.4, -0.2) is 56.0 Å². The maximum atomic E-state index is 6.26. The minimum Gasteiger partial charge on any atom is -0.382 e. The first-order valence-corrected chi connectivity index (χ1v) is 7.51. The van der Waals surface area contributed by atoms with Crippen LogP contribution >= 0.6 is 0 Å². The third-order valence-corrected chi connectivity index (χ3v) is 4.60. The summed E-state index contributed by atoms with van der Waals surface area (Å²) in [6, 6.07) is 0.235. The number of nitrogens with zero attached hydrogens (tertiary/aromatic N) is 2. The third-order valence-electron chi connectivity index (χ3n) is 4.60. The molecule has 0 bridgehead atoms. The molecule has 0 saturated carbocycles. The lowest BCUT2D eigenvalue weighted by Crippen LogP contribution is -2.47. The van der Waals surface area contributed by atoms with Crippen LogP contribution < -0.4 is 0 Å². The van der Waals surface area contributed by atoms with Crippen LogP contribution in [0.3, 0.4) is 0 Å². The van der Waals surface area contributed by atoms with Gasteiger partial charge in [-0.25, -0.2) is 0 Å². The average Bonchev–Trinajstić information content (AvgIpc) is 2.65. The molecule has 4 unspecified atom stereocenters. The summed E-state index contributed by atoms with van der Waals surface area (Å²) < 4.78 is 17.3. The summed E-state index contributed by atoms with van der Waals surface area (Å²) in [7, 11) is 3.43. The van der Waals surface area contributed by atoms with Crippen LogP contribution in [0.4, 0.5) is 0 Å². The summed E-state index contributed by atoms with van der Waals surface area (Å²) >= 11 is 0. The monoisotopic (exact) mass is 296 g/mol. The van der Waals surface area contributed by atoms with Crippen LogP contribution in [0.1, 0.15) is 34.6 Å². The van der Waals surface area contributed by atoms with Crippen LogP contribution in [-0.2, 0) is 14.2 Å². The zero-order valence-electron chi connectivity index (χ0n) is 14.2. The highest BCUT2D eigenvalue weighted by Crippen LogP contribution is 2.42. The fraction of sp³-hybridized carbons (Fsp3) is 0.812. The Labute approximate surface area is 128 Å². The van der Waals surface area contributed by atoms with E-state index in [1.54, 1.807) is 14.2 Å². The van der Waals surface area contributed by atoms with Crippen LogP contribution in [0.15, 0.2) is 16.8 Å². The van der Waals surface area contributed by atoms with Crippen LogP contribution in [0.25, 0.3) is 0 Å². The van der Waals surface area contributed by atoms with Gasteiger partial charge in [-0.05, 0) is 26.3 Å². The van der Waals surface area contributed by atoms with Gasteiger partial charge in [-0.3, -0.25) is 4.99 Å². The number of hydrogen-bond donors (Lipinski definition) is 0. The Morgan fingerprint density at radius 3 is 2.57 bits per heavy atom. The van der Waals surface area contributed by atoms with E-state index in [0.29, 0.717) is 6.61 Å². The molecule has 0 N–H and O–H groups in total. The van der Waals surface area contributed by atoms with E-state index in [-0.39, 0.29) is 29.9 Å². The summed E-state index contributed by atoms with van der Waals surface area (Å²) in [5.41, 5.74) is 1.08. The molecule has 5 heteroatoms. The quantitative estimate of drug-likeness (QED) is 0.799. The van der Waals surface area contributed by atoms with E-state index in [0.717, 1.165) is 5.84 Å². The number of rotatable bonds is 4. The first-order valence-electron chi connectivity index (χ1n) is 7.51. The molecule has 120 valence electrons. The molecule has 2 rings (SSSR count). The van der Waals surface area contributed by atoms with Gasteiger partial charge in [0.1, 0.15) is 18.2 Å². The van der Waals surface area contributed by atoms with Crippen molar-refractivity contribution in [2.75, 3.05) is 20.8 Å². The van der Waals surface area contributed by atoms with Crippen molar-refractivity contribution in [3.63, 3.8) is 0 Å². The van der Waals surface area contributed by atoms with Gasteiger partial charge in [-0.2, -0.15) is 0 Å². The molecule has 0 aromatic heterocycles. The molecular formula is C16H28N2O3. The predicted octanol–water partition coefficient (Wildman–Crippen LogP) is 2.43. The Morgan fingerprint density at radius 1 is 1.33 bits per heavy atom. The highest BCUT2D eigenvalue weighted by Gasteiger charge is 2.53. The second kappa shape index (κ2) is 6.07. The van der Waals surface area contributed by atoms with Gasteiger partial charge in [0.25, 0.3) is 0 Å². The SMILES string of the molecule is COCC1OC(N2C=C(C)C(C)N=C2C)C(C)(C)C1OC. The Balaban J connectivity index is 2.29. The van der Waals surface area contributed by atoms with Gasteiger partial charge in [-0.15, -0.1) is 0 Å². The van der Waals surface area contributed by atoms with Gasteiger partial charge in [0, 0.05) is 25.8 Å². The molecule has 0 spiro atoms. The van der Waals surface area contributed by atoms with Crippen molar-refractivity contribution in [3.8, 4) is 0 Å². The number of amidine groups is 1. The van der Waals surface area contributed by atoms with E-state index in [1.807, 2.05) is 6.92 Å². The molecule has 4 atom stereocenters. The smallest absolute Gasteiger partial charge is 0.143 e. The highest BCUT2D eigenvalue weighted by atomic mass is 16.6. The Kier molecular flexibility index (Phi) is 4.76. The molecule has 1 fully saturated rings. The van der Waals surface area contributed by atoms with Gasteiger partial charge in [0.15, 0.2) is 0 Å². The molecule has 5 nitrogen and oxygen atoms in total. The van der Waals surface area contributed by atoms with Crippen molar-refractivity contribution in [2.45, 2.75) is 59.1 Å². The van der Waals surface area contributed by atoms with E-state index in [2.05, 4.69) is 38.8 Å². The minimum absolute atomic E-state index is 0.0108. The van der Waals surface area contributed by atoms with Crippen LogP contribution in [0, 0.1) is 5.41 Å². The molecule has 21 heavy (non-hydrogen) atoms. The Bertz CT molecular complexity index is 445.